The van der Waals surface area contributed by atoms with E-state index in [4.69, 9.17) is 5.73 Å². The highest BCUT2D eigenvalue weighted by atomic mass is 16.2. The van der Waals surface area contributed by atoms with E-state index < -0.39 is 6.04 Å². The maximum atomic E-state index is 12.1. The van der Waals surface area contributed by atoms with Gasteiger partial charge in [-0.05, 0) is 37.5 Å². The average Bonchev–Trinajstić information content (AvgIpc) is 2.52. The summed E-state index contributed by atoms with van der Waals surface area (Å²) >= 11 is 0. The first kappa shape index (κ1) is 18.2. The first-order chi connectivity index (χ1) is 10.5. The van der Waals surface area contributed by atoms with Crippen LogP contribution in [0.4, 0.5) is 0 Å². The Morgan fingerprint density at radius 2 is 2.00 bits per heavy atom. The molecule has 0 aliphatic rings. The molecule has 0 fully saturated rings. The summed E-state index contributed by atoms with van der Waals surface area (Å²) in [6.07, 6.45) is 2.43. The van der Waals surface area contributed by atoms with Gasteiger partial charge >= 0.3 is 0 Å². The van der Waals surface area contributed by atoms with Gasteiger partial charge in [0.05, 0.1) is 6.04 Å². The van der Waals surface area contributed by atoms with Crippen LogP contribution in [0.5, 0.6) is 0 Å². The van der Waals surface area contributed by atoms with Crippen LogP contribution >= 0.6 is 0 Å². The van der Waals surface area contributed by atoms with Crippen molar-refractivity contribution < 1.29 is 9.59 Å². The quantitative estimate of drug-likeness (QED) is 0.686. The molecule has 22 heavy (non-hydrogen) atoms. The van der Waals surface area contributed by atoms with Crippen molar-refractivity contribution in [2.75, 3.05) is 0 Å². The minimum Gasteiger partial charge on any atom is -0.351 e. The molecule has 0 radical (unpaired) electrons. The summed E-state index contributed by atoms with van der Waals surface area (Å²) in [5, 5.41) is 5.73. The molecular formula is C17H27N3O2. The SMILES string of the molecule is CCCC(N)C(=O)NCc1cccc(C(=O)NC(C)CC)c1. The minimum absolute atomic E-state index is 0.0924. The first-order valence-corrected chi connectivity index (χ1v) is 7.91. The van der Waals surface area contributed by atoms with Gasteiger partial charge in [-0.3, -0.25) is 9.59 Å². The summed E-state index contributed by atoms with van der Waals surface area (Å²) in [5.41, 5.74) is 7.25. The Kier molecular flexibility index (Phi) is 7.60. The third-order valence-corrected chi connectivity index (χ3v) is 3.58. The highest BCUT2D eigenvalue weighted by Crippen LogP contribution is 2.06. The van der Waals surface area contributed by atoms with Gasteiger partial charge in [0.1, 0.15) is 0 Å². The molecule has 0 aromatic heterocycles. The van der Waals surface area contributed by atoms with Crippen molar-refractivity contribution in [1.29, 1.82) is 0 Å². The minimum atomic E-state index is -0.470. The Hall–Kier alpha value is -1.88. The zero-order valence-corrected chi connectivity index (χ0v) is 13.7. The topological polar surface area (TPSA) is 84.2 Å². The van der Waals surface area contributed by atoms with E-state index >= 15 is 0 Å². The fourth-order valence-electron chi connectivity index (χ4n) is 1.99. The summed E-state index contributed by atoms with van der Waals surface area (Å²) in [6, 6.07) is 6.93. The van der Waals surface area contributed by atoms with Crippen molar-refractivity contribution in [3.63, 3.8) is 0 Å². The van der Waals surface area contributed by atoms with Crippen molar-refractivity contribution in [2.24, 2.45) is 5.73 Å². The van der Waals surface area contributed by atoms with E-state index in [9.17, 15) is 9.59 Å². The van der Waals surface area contributed by atoms with E-state index in [0.717, 1.165) is 18.4 Å². The molecule has 5 heteroatoms. The molecule has 2 unspecified atom stereocenters. The van der Waals surface area contributed by atoms with Crippen molar-refractivity contribution in [2.45, 2.75) is 58.7 Å². The zero-order chi connectivity index (χ0) is 16.5. The third kappa shape index (κ3) is 5.85. The van der Waals surface area contributed by atoms with Gasteiger partial charge < -0.3 is 16.4 Å². The number of carbonyl (C=O) groups is 2. The number of hydrogen-bond acceptors (Lipinski definition) is 3. The second kappa shape index (κ2) is 9.20. The van der Waals surface area contributed by atoms with Gasteiger partial charge in [0.15, 0.2) is 0 Å². The van der Waals surface area contributed by atoms with Crippen molar-refractivity contribution >= 4 is 11.8 Å². The maximum Gasteiger partial charge on any atom is 0.251 e. The first-order valence-electron chi connectivity index (χ1n) is 7.91. The van der Waals surface area contributed by atoms with Crippen LogP contribution < -0.4 is 16.4 Å². The van der Waals surface area contributed by atoms with Crippen LogP contribution in [-0.2, 0) is 11.3 Å². The molecule has 2 atom stereocenters. The third-order valence-electron chi connectivity index (χ3n) is 3.58. The molecule has 122 valence electrons. The number of nitrogens with two attached hydrogens (primary N) is 1. The molecule has 0 saturated carbocycles. The van der Waals surface area contributed by atoms with E-state index in [-0.39, 0.29) is 17.9 Å². The Morgan fingerprint density at radius 3 is 2.64 bits per heavy atom. The lowest BCUT2D eigenvalue weighted by Gasteiger charge is -2.13. The number of nitrogens with one attached hydrogen (secondary N) is 2. The van der Waals surface area contributed by atoms with Crippen LogP contribution in [0, 0.1) is 0 Å². The predicted octanol–water partition coefficient (Wildman–Crippen LogP) is 1.96. The maximum absolute atomic E-state index is 12.1. The van der Waals surface area contributed by atoms with Crippen LogP contribution in [0.1, 0.15) is 56.0 Å². The molecule has 1 rings (SSSR count). The van der Waals surface area contributed by atoms with E-state index in [1.807, 2.05) is 32.9 Å². The molecule has 4 N–H and O–H groups in total. The number of carbonyl (C=O) groups excluding carboxylic acids is 2. The largest absolute Gasteiger partial charge is 0.351 e. The van der Waals surface area contributed by atoms with Gasteiger partial charge in [-0.15, -0.1) is 0 Å². The Morgan fingerprint density at radius 1 is 1.27 bits per heavy atom. The van der Waals surface area contributed by atoms with Crippen LogP contribution in [0.3, 0.4) is 0 Å². The van der Waals surface area contributed by atoms with Gasteiger partial charge in [-0.2, -0.15) is 0 Å². The molecule has 2 amide bonds. The molecule has 0 saturated heterocycles. The Bertz CT molecular complexity index is 502. The fraction of sp³-hybridized carbons (Fsp3) is 0.529. The van der Waals surface area contributed by atoms with Gasteiger partial charge in [-0.25, -0.2) is 0 Å². The molecule has 1 aromatic rings. The van der Waals surface area contributed by atoms with Crippen molar-refractivity contribution in [3.8, 4) is 0 Å². The van der Waals surface area contributed by atoms with Gasteiger partial charge in [0.25, 0.3) is 5.91 Å². The molecule has 0 aliphatic heterocycles. The lowest BCUT2D eigenvalue weighted by atomic mass is 10.1. The highest BCUT2D eigenvalue weighted by molar-refractivity contribution is 5.94. The van der Waals surface area contributed by atoms with E-state index in [1.54, 1.807) is 12.1 Å². The lowest BCUT2D eigenvalue weighted by molar-refractivity contribution is -0.122. The second-order valence-corrected chi connectivity index (χ2v) is 5.60. The smallest absolute Gasteiger partial charge is 0.251 e. The van der Waals surface area contributed by atoms with Crippen LogP contribution in [-0.4, -0.2) is 23.9 Å². The van der Waals surface area contributed by atoms with Crippen molar-refractivity contribution in [1.82, 2.24) is 10.6 Å². The van der Waals surface area contributed by atoms with Gasteiger partial charge in [0, 0.05) is 18.2 Å². The number of hydrogen-bond donors (Lipinski definition) is 3. The number of amides is 2. The summed E-state index contributed by atoms with van der Waals surface area (Å²) < 4.78 is 0. The second-order valence-electron chi connectivity index (χ2n) is 5.60. The summed E-state index contributed by atoms with van der Waals surface area (Å²) in [4.78, 5) is 23.9. The average molecular weight is 305 g/mol. The highest BCUT2D eigenvalue weighted by Gasteiger charge is 2.12. The Labute approximate surface area is 132 Å². The molecule has 0 heterocycles. The van der Waals surface area contributed by atoms with Gasteiger partial charge in [0.2, 0.25) is 5.91 Å². The molecule has 5 nitrogen and oxygen atoms in total. The molecule has 1 aromatic carbocycles. The number of benzene rings is 1. The van der Waals surface area contributed by atoms with E-state index in [1.165, 1.54) is 0 Å². The Balaban J connectivity index is 2.61. The standard InChI is InChI=1S/C17H27N3O2/c1-4-7-15(18)17(22)19-11-13-8-6-9-14(10-13)16(21)20-12(3)5-2/h6,8-10,12,15H,4-5,7,11,18H2,1-3H3,(H,19,22)(H,20,21). The van der Waals surface area contributed by atoms with E-state index in [2.05, 4.69) is 10.6 Å². The monoisotopic (exact) mass is 305 g/mol. The van der Waals surface area contributed by atoms with Gasteiger partial charge in [-0.1, -0.05) is 32.4 Å². The summed E-state index contributed by atoms with van der Waals surface area (Å²) in [5.74, 6) is -0.249. The number of rotatable bonds is 8. The predicted molar refractivity (Wildman–Crippen MR) is 88.4 cm³/mol. The summed E-state index contributed by atoms with van der Waals surface area (Å²) in [7, 11) is 0. The molecular weight excluding hydrogens is 278 g/mol. The molecule has 0 aliphatic carbocycles. The van der Waals surface area contributed by atoms with Crippen LogP contribution in [0.25, 0.3) is 0 Å². The molecule has 0 spiro atoms. The lowest BCUT2D eigenvalue weighted by Crippen LogP contribution is -2.40. The zero-order valence-electron chi connectivity index (χ0n) is 13.7. The van der Waals surface area contributed by atoms with Crippen molar-refractivity contribution in [3.05, 3.63) is 35.4 Å². The molecule has 0 bridgehead atoms. The summed E-state index contributed by atoms with van der Waals surface area (Å²) in [6.45, 7) is 6.36. The van der Waals surface area contributed by atoms with Crippen LogP contribution in [0.15, 0.2) is 24.3 Å². The van der Waals surface area contributed by atoms with E-state index in [0.29, 0.717) is 18.5 Å². The normalized spacial score (nSPS) is 13.3. The van der Waals surface area contributed by atoms with Crippen LogP contribution in [0.2, 0.25) is 0 Å². The fourth-order valence-corrected chi connectivity index (χ4v) is 1.99.